The van der Waals surface area contributed by atoms with Gasteiger partial charge in [0.1, 0.15) is 0 Å². The minimum Gasteiger partial charge on any atom is -0.331 e. The molecule has 25 heavy (non-hydrogen) atoms. The first-order valence-electron chi connectivity index (χ1n) is 8.41. The van der Waals surface area contributed by atoms with Gasteiger partial charge in [-0.05, 0) is 38.1 Å². The third kappa shape index (κ3) is 4.79. The number of carbonyl (C=O) groups excluding carboxylic acids is 3. The third-order valence-corrected chi connectivity index (χ3v) is 4.45. The molecule has 1 aromatic carbocycles. The fourth-order valence-corrected chi connectivity index (χ4v) is 2.78. The van der Waals surface area contributed by atoms with Crippen LogP contribution in [0.15, 0.2) is 24.3 Å². The number of Topliss-reactive ketones (excluding diaryl/α,β-unsaturated/α-hetero) is 1. The maximum Gasteiger partial charge on any atom is 0.319 e. The molecule has 1 fully saturated rings. The summed E-state index contributed by atoms with van der Waals surface area (Å²) in [4.78, 5) is 41.1. The molecule has 1 heterocycles. The summed E-state index contributed by atoms with van der Waals surface area (Å²) in [5, 5.41) is 2.88. The third-order valence-electron chi connectivity index (χ3n) is 4.45. The zero-order chi connectivity index (χ0) is 18.6. The summed E-state index contributed by atoms with van der Waals surface area (Å²) in [6, 6.07) is 6.58. The minimum absolute atomic E-state index is 0.00214. The maximum atomic E-state index is 12.4. The highest BCUT2D eigenvalue weighted by Gasteiger charge is 2.28. The molecule has 1 saturated heterocycles. The van der Waals surface area contributed by atoms with E-state index in [2.05, 4.69) is 10.2 Å². The van der Waals surface area contributed by atoms with E-state index in [0.29, 0.717) is 37.4 Å². The van der Waals surface area contributed by atoms with E-state index < -0.39 is 0 Å². The predicted octanol–water partition coefficient (Wildman–Crippen LogP) is 1.52. The van der Waals surface area contributed by atoms with Crippen molar-refractivity contribution in [2.75, 3.05) is 45.6 Å². The molecule has 1 aliphatic rings. The van der Waals surface area contributed by atoms with E-state index in [0.717, 1.165) is 0 Å². The van der Waals surface area contributed by atoms with E-state index in [1.807, 2.05) is 6.92 Å². The second kappa shape index (κ2) is 8.11. The number of nitrogens with one attached hydrogen (secondary N) is 1. The minimum atomic E-state index is -0.288. The zero-order valence-corrected chi connectivity index (χ0v) is 15.3. The van der Waals surface area contributed by atoms with Crippen LogP contribution in [0.25, 0.3) is 0 Å². The van der Waals surface area contributed by atoms with Crippen molar-refractivity contribution >= 4 is 23.4 Å². The number of amides is 3. The van der Waals surface area contributed by atoms with Gasteiger partial charge in [0.2, 0.25) is 5.91 Å². The van der Waals surface area contributed by atoms with Gasteiger partial charge in [0.05, 0.1) is 6.04 Å². The molecular formula is C18H26N4O3. The second-order valence-electron chi connectivity index (χ2n) is 6.50. The highest BCUT2D eigenvalue weighted by molar-refractivity contribution is 5.97. The van der Waals surface area contributed by atoms with Gasteiger partial charge in [0.15, 0.2) is 5.78 Å². The number of carbonyl (C=O) groups is 3. The average molecular weight is 346 g/mol. The number of piperazine rings is 1. The van der Waals surface area contributed by atoms with Crippen LogP contribution >= 0.6 is 0 Å². The van der Waals surface area contributed by atoms with Gasteiger partial charge in [-0.3, -0.25) is 14.5 Å². The van der Waals surface area contributed by atoms with Crippen molar-refractivity contribution in [2.45, 2.75) is 19.9 Å². The smallest absolute Gasteiger partial charge is 0.319 e. The summed E-state index contributed by atoms with van der Waals surface area (Å²) in [5.74, 6) is -0.0978. The van der Waals surface area contributed by atoms with Crippen LogP contribution in [0.2, 0.25) is 0 Å². The molecule has 1 N–H and O–H groups in total. The Balaban J connectivity index is 1.88. The Morgan fingerprint density at radius 1 is 1.04 bits per heavy atom. The van der Waals surface area contributed by atoms with Gasteiger partial charge in [-0.1, -0.05) is 0 Å². The molecule has 1 aliphatic heterocycles. The van der Waals surface area contributed by atoms with E-state index in [1.54, 1.807) is 48.2 Å². The van der Waals surface area contributed by atoms with Gasteiger partial charge in [-0.15, -0.1) is 0 Å². The Bertz CT molecular complexity index is 634. The van der Waals surface area contributed by atoms with Crippen LogP contribution in [0, 0.1) is 0 Å². The standard InChI is InChI=1S/C18H26N4O3/c1-13(21-9-11-22(12-10-21)18(25)20(3)4)17(24)19-16-7-5-15(6-8-16)14(2)23/h5-8,13H,9-12H2,1-4H3,(H,19,24). The SMILES string of the molecule is CC(=O)c1ccc(NC(=O)C(C)N2CCN(C(=O)N(C)C)CC2)cc1. The molecule has 0 aliphatic carbocycles. The number of hydrogen-bond acceptors (Lipinski definition) is 4. The van der Waals surface area contributed by atoms with Crippen molar-refractivity contribution in [1.29, 1.82) is 0 Å². The van der Waals surface area contributed by atoms with Gasteiger partial charge in [0, 0.05) is 51.5 Å². The molecule has 0 saturated carbocycles. The highest BCUT2D eigenvalue weighted by Crippen LogP contribution is 2.13. The molecule has 1 aromatic rings. The topological polar surface area (TPSA) is 73.0 Å². The summed E-state index contributed by atoms with van der Waals surface area (Å²) < 4.78 is 0. The van der Waals surface area contributed by atoms with Gasteiger partial charge >= 0.3 is 6.03 Å². The summed E-state index contributed by atoms with van der Waals surface area (Å²) in [6.45, 7) is 5.93. The molecule has 3 amide bonds. The number of hydrogen-bond donors (Lipinski definition) is 1. The molecule has 0 spiro atoms. The Labute approximate surface area is 148 Å². The van der Waals surface area contributed by atoms with E-state index in [1.165, 1.54) is 6.92 Å². The highest BCUT2D eigenvalue weighted by atomic mass is 16.2. The Morgan fingerprint density at radius 3 is 2.08 bits per heavy atom. The van der Waals surface area contributed by atoms with Crippen molar-refractivity contribution in [3.63, 3.8) is 0 Å². The normalized spacial score (nSPS) is 16.2. The van der Waals surface area contributed by atoms with Gasteiger partial charge < -0.3 is 15.1 Å². The number of nitrogens with zero attached hydrogens (tertiary/aromatic N) is 3. The Morgan fingerprint density at radius 2 is 1.60 bits per heavy atom. The fraction of sp³-hybridized carbons (Fsp3) is 0.500. The number of urea groups is 1. The van der Waals surface area contributed by atoms with E-state index >= 15 is 0 Å². The van der Waals surface area contributed by atoms with Crippen molar-refractivity contribution in [1.82, 2.24) is 14.7 Å². The lowest BCUT2D eigenvalue weighted by molar-refractivity contribution is -0.121. The molecule has 7 nitrogen and oxygen atoms in total. The van der Waals surface area contributed by atoms with Gasteiger partial charge in [-0.25, -0.2) is 4.79 Å². The van der Waals surface area contributed by atoms with Crippen LogP contribution in [-0.2, 0) is 4.79 Å². The lowest BCUT2D eigenvalue weighted by Gasteiger charge is -2.38. The lowest BCUT2D eigenvalue weighted by atomic mass is 10.1. The molecule has 136 valence electrons. The Hall–Kier alpha value is -2.41. The summed E-state index contributed by atoms with van der Waals surface area (Å²) >= 11 is 0. The average Bonchev–Trinajstić information content (AvgIpc) is 2.60. The number of ketones is 1. The summed E-state index contributed by atoms with van der Waals surface area (Å²) in [7, 11) is 3.48. The lowest BCUT2D eigenvalue weighted by Crippen LogP contribution is -2.55. The molecule has 0 radical (unpaired) electrons. The Kier molecular flexibility index (Phi) is 6.14. The van der Waals surface area contributed by atoms with Gasteiger partial charge in [-0.2, -0.15) is 0 Å². The monoisotopic (exact) mass is 346 g/mol. The first kappa shape index (κ1) is 18.9. The van der Waals surface area contributed by atoms with Crippen LogP contribution in [0.1, 0.15) is 24.2 Å². The van der Waals surface area contributed by atoms with Crippen molar-refractivity contribution in [3.8, 4) is 0 Å². The van der Waals surface area contributed by atoms with E-state index in [-0.39, 0.29) is 23.8 Å². The van der Waals surface area contributed by atoms with E-state index in [4.69, 9.17) is 0 Å². The number of rotatable bonds is 4. The molecular weight excluding hydrogens is 320 g/mol. The largest absolute Gasteiger partial charge is 0.331 e. The van der Waals surface area contributed by atoms with E-state index in [9.17, 15) is 14.4 Å². The number of anilines is 1. The van der Waals surface area contributed by atoms with Crippen molar-refractivity contribution in [3.05, 3.63) is 29.8 Å². The van der Waals surface area contributed by atoms with Crippen molar-refractivity contribution < 1.29 is 14.4 Å². The second-order valence-corrected chi connectivity index (χ2v) is 6.50. The first-order chi connectivity index (χ1) is 11.8. The quantitative estimate of drug-likeness (QED) is 0.839. The van der Waals surface area contributed by atoms with Crippen LogP contribution < -0.4 is 5.32 Å². The fourth-order valence-electron chi connectivity index (χ4n) is 2.78. The first-order valence-corrected chi connectivity index (χ1v) is 8.41. The summed E-state index contributed by atoms with van der Waals surface area (Å²) in [6.07, 6.45) is 0. The molecule has 0 aromatic heterocycles. The van der Waals surface area contributed by atoms with Crippen LogP contribution in [0.4, 0.5) is 10.5 Å². The molecule has 1 unspecified atom stereocenters. The van der Waals surface area contributed by atoms with Gasteiger partial charge in [0.25, 0.3) is 0 Å². The predicted molar refractivity (Wildman–Crippen MR) is 96.8 cm³/mol. The van der Waals surface area contributed by atoms with Crippen LogP contribution in [-0.4, -0.2) is 78.7 Å². The molecule has 0 bridgehead atoms. The molecule has 1 atom stereocenters. The molecule has 2 rings (SSSR count). The molecule has 7 heteroatoms. The number of benzene rings is 1. The van der Waals surface area contributed by atoms with Crippen molar-refractivity contribution in [2.24, 2.45) is 0 Å². The van der Waals surface area contributed by atoms with Crippen LogP contribution in [0.5, 0.6) is 0 Å². The van der Waals surface area contributed by atoms with Crippen LogP contribution in [0.3, 0.4) is 0 Å². The zero-order valence-electron chi connectivity index (χ0n) is 15.3. The maximum absolute atomic E-state index is 12.4. The summed E-state index contributed by atoms with van der Waals surface area (Å²) in [5.41, 5.74) is 1.29.